The normalized spacial score (nSPS) is 10.7. The SMILES string of the molecule is Cc1nn(-c2ccccc2)c2ncc([N+](=O)[O-])c(-c3ccc(C#N)cc3)c12. The van der Waals surface area contributed by atoms with Gasteiger partial charge in [0.1, 0.15) is 6.20 Å². The summed E-state index contributed by atoms with van der Waals surface area (Å²) in [6.07, 6.45) is 1.26. The van der Waals surface area contributed by atoms with E-state index < -0.39 is 4.92 Å². The highest BCUT2D eigenvalue weighted by Gasteiger charge is 2.24. The molecule has 0 amide bonds. The molecule has 0 fully saturated rings. The summed E-state index contributed by atoms with van der Waals surface area (Å²) in [5.74, 6) is 0. The predicted octanol–water partition coefficient (Wildman–Crippen LogP) is 4.18. The number of pyridine rings is 1. The number of nitrogens with zero attached hydrogens (tertiary/aromatic N) is 5. The maximum absolute atomic E-state index is 11.6. The van der Waals surface area contributed by atoms with E-state index in [-0.39, 0.29) is 5.69 Å². The third kappa shape index (κ3) is 2.69. The molecule has 0 saturated heterocycles. The lowest BCUT2D eigenvalue weighted by atomic mass is 9.99. The molecule has 7 heteroatoms. The molecule has 4 aromatic rings. The van der Waals surface area contributed by atoms with Crippen LogP contribution in [0, 0.1) is 28.4 Å². The Hall–Kier alpha value is -4.05. The van der Waals surface area contributed by atoms with Crippen LogP contribution in [0.25, 0.3) is 27.8 Å². The number of aryl methyl sites for hydroxylation is 1. The third-order valence-electron chi connectivity index (χ3n) is 4.35. The molecule has 2 aromatic carbocycles. The molecular formula is C20H13N5O2. The Morgan fingerprint density at radius 2 is 1.81 bits per heavy atom. The number of rotatable bonds is 3. The molecule has 0 spiro atoms. The third-order valence-corrected chi connectivity index (χ3v) is 4.35. The van der Waals surface area contributed by atoms with Crippen LogP contribution in [0.2, 0.25) is 0 Å². The van der Waals surface area contributed by atoms with Gasteiger partial charge in [-0.25, -0.2) is 9.67 Å². The molecule has 0 radical (unpaired) electrons. The molecule has 0 aliphatic heterocycles. The maximum atomic E-state index is 11.6. The van der Waals surface area contributed by atoms with Gasteiger partial charge in [0.15, 0.2) is 5.65 Å². The molecule has 27 heavy (non-hydrogen) atoms. The Bertz CT molecular complexity index is 1210. The first kappa shape index (κ1) is 16.4. The fourth-order valence-electron chi connectivity index (χ4n) is 3.13. The number of nitriles is 1. The first-order valence-electron chi connectivity index (χ1n) is 8.19. The van der Waals surface area contributed by atoms with Crippen LogP contribution in [-0.4, -0.2) is 19.7 Å². The molecule has 0 atom stereocenters. The quantitative estimate of drug-likeness (QED) is 0.406. The minimum Gasteiger partial charge on any atom is -0.258 e. The Labute approximate surface area is 154 Å². The van der Waals surface area contributed by atoms with Crippen molar-refractivity contribution in [3.8, 4) is 22.9 Å². The lowest BCUT2D eigenvalue weighted by Gasteiger charge is -2.07. The van der Waals surface area contributed by atoms with Crippen LogP contribution < -0.4 is 0 Å². The molecule has 0 bridgehead atoms. The molecule has 0 aliphatic rings. The van der Waals surface area contributed by atoms with E-state index in [0.717, 1.165) is 5.69 Å². The van der Waals surface area contributed by atoms with E-state index in [0.29, 0.717) is 33.4 Å². The summed E-state index contributed by atoms with van der Waals surface area (Å²) < 4.78 is 1.68. The van der Waals surface area contributed by atoms with Crippen molar-refractivity contribution < 1.29 is 4.92 Å². The highest BCUT2D eigenvalue weighted by molar-refractivity contribution is 5.99. The first-order chi connectivity index (χ1) is 13.1. The van der Waals surface area contributed by atoms with Gasteiger partial charge in [-0.15, -0.1) is 0 Å². The van der Waals surface area contributed by atoms with Crippen LogP contribution in [0.3, 0.4) is 0 Å². The molecule has 130 valence electrons. The molecule has 7 nitrogen and oxygen atoms in total. The zero-order valence-corrected chi connectivity index (χ0v) is 14.3. The summed E-state index contributed by atoms with van der Waals surface area (Å²) in [6, 6.07) is 18.2. The van der Waals surface area contributed by atoms with E-state index in [4.69, 9.17) is 5.26 Å². The number of hydrogen-bond acceptors (Lipinski definition) is 5. The molecule has 2 heterocycles. The van der Waals surface area contributed by atoms with Gasteiger partial charge in [0.05, 0.1) is 38.9 Å². The molecule has 0 unspecified atom stereocenters. The van der Waals surface area contributed by atoms with Crippen LogP contribution in [-0.2, 0) is 0 Å². The van der Waals surface area contributed by atoms with E-state index in [1.807, 2.05) is 30.3 Å². The fourth-order valence-corrected chi connectivity index (χ4v) is 3.13. The van der Waals surface area contributed by atoms with Crippen LogP contribution in [0.4, 0.5) is 5.69 Å². The van der Waals surface area contributed by atoms with Crippen molar-refractivity contribution in [2.75, 3.05) is 0 Å². The predicted molar refractivity (Wildman–Crippen MR) is 100 cm³/mol. The van der Waals surface area contributed by atoms with Crippen LogP contribution in [0.15, 0.2) is 60.8 Å². The lowest BCUT2D eigenvalue weighted by molar-refractivity contribution is -0.384. The van der Waals surface area contributed by atoms with E-state index in [1.165, 1.54) is 6.20 Å². The summed E-state index contributed by atoms with van der Waals surface area (Å²) in [4.78, 5) is 15.5. The van der Waals surface area contributed by atoms with Gasteiger partial charge in [0, 0.05) is 0 Å². The monoisotopic (exact) mass is 355 g/mol. The van der Waals surface area contributed by atoms with E-state index in [1.54, 1.807) is 35.9 Å². The van der Waals surface area contributed by atoms with Gasteiger partial charge in [-0.3, -0.25) is 10.1 Å². The summed E-state index contributed by atoms with van der Waals surface area (Å²) in [7, 11) is 0. The van der Waals surface area contributed by atoms with Crippen molar-refractivity contribution in [1.82, 2.24) is 14.8 Å². The van der Waals surface area contributed by atoms with Crippen LogP contribution in [0.1, 0.15) is 11.3 Å². The zero-order chi connectivity index (χ0) is 19.0. The number of fused-ring (bicyclic) bond motifs is 1. The fraction of sp³-hybridized carbons (Fsp3) is 0.0500. The summed E-state index contributed by atoms with van der Waals surface area (Å²) in [6.45, 7) is 1.81. The van der Waals surface area contributed by atoms with Gasteiger partial charge in [-0.1, -0.05) is 30.3 Å². The van der Waals surface area contributed by atoms with Gasteiger partial charge >= 0.3 is 0 Å². The zero-order valence-electron chi connectivity index (χ0n) is 14.3. The topological polar surface area (TPSA) is 97.6 Å². The van der Waals surface area contributed by atoms with Crippen LogP contribution >= 0.6 is 0 Å². The number of nitro groups is 1. The summed E-state index contributed by atoms with van der Waals surface area (Å²) >= 11 is 0. The lowest BCUT2D eigenvalue weighted by Crippen LogP contribution is -1.99. The molecular weight excluding hydrogens is 342 g/mol. The molecule has 0 saturated carbocycles. The smallest absolute Gasteiger partial charge is 0.258 e. The molecule has 0 N–H and O–H groups in total. The van der Waals surface area contributed by atoms with E-state index >= 15 is 0 Å². The van der Waals surface area contributed by atoms with Gasteiger partial charge in [0.25, 0.3) is 5.69 Å². The average molecular weight is 355 g/mol. The summed E-state index contributed by atoms with van der Waals surface area (Å²) in [5, 5.41) is 25.8. The van der Waals surface area contributed by atoms with Crippen molar-refractivity contribution >= 4 is 16.7 Å². The Morgan fingerprint density at radius 1 is 1.11 bits per heavy atom. The average Bonchev–Trinajstić information content (AvgIpc) is 3.05. The Balaban J connectivity index is 2.06. The van der Waals surface area contributed by atoms with Crippen molar-refractivity contribution in [2.24, 2.45) is 0 Å². The van der Waals surface area contributed by atoms with Gasteiger partial charge in [-0.2, -0.15) is 10.4 Å². The van der Waals surface area contributed by atoms with Crippen molar-refractivity contribution in [3.05, 3.63) is 82.2 Å². The minimum atomic E-state index is -0.445. The largest absolute Gasteiger partial charge is 0.296 e. The first-order valence-corrected chi connectivity index (χ1v) is 8.19. The Morgan fingerprint density at radius 3 is 2.44 bits per heavy atom. The maximum Gasteiger partial charge on any atom is 0.296 e. The molecule has 2 aromatic heterocycles. The van der Waals surface area contributed by atoms with Gasteiger partial charge in [-0.05, 0) is 36.8 Å². The van der Waals surface area contributed by atoms with Crippen molar-refractivity contribution in [2.45, 2.75) is 6.92 Å². The second-order valence-electron chi connectivity index (χ2n) is 6.00. The number of hydrogen-bond donors (Lipinski definition) is 0. The summed E-state index contributed by atoms with van der Waals surface area (Å²) in [5.41, 5.74) is 3.50. The number of benzene rings is 2. The molecule has 4 rings (SSSR count). The van der Waals surface area contributed by atoms with Gasteiger partial charge in [0.2, 0.25) is 0 Å². The number of para-hydroxylation sites is 1. The van der Waals surface area contributed by atoms with Crippen LogP contribution in [0.5, 0.6) is 0 Å². The van der Waals surface area contributed by atoms with Gasteiger partial charge < -0.3 is 0 Å². The second-order valence-corrected chi connectivity index (χ2v) is 6.00. The molecule has 0 aliphatic carbocycles. The van der Waals surface area contributed by atoms with Crippen molar-refractivity contribution in [3.63, 3.8) is 0 Å². The second kappa shape index (κ2) is 6.35. The van der Waals surface area contributed by atoms with E-state index in [2.05, 4.69) is 16.2 Å². The Kier molecular flexibility index (Phi) is 3.86. The highest BCUT2D eigenvalue weighted by atomic mass is 16.6. The van der Waals surface area contributed by atoms with E-state index in [9.17, 15) is 10.1 Å². The van der Waals surface area contributed by atoms with Crippen molar-refractivity contribution in [1.29, 1.82) is 5.26 Å². The number of aromatic nitrogens is 3. The standard InChI is InChI=1S/C20H13N5O2/c1-13-18-19(15-9-7-14(11-21)8-10-15)17(25(26)27)12-22-20(18)24(23-13)16-5-3-2-4-6-16/h2-10,12H,1H3. The minimum absolute atomic E-state index is 0.0945. The highest BCUT2D eigenvalue weighted by Crippen LogP contribution is 2.38.